The van der Waals surface area contributed by atoms with Crippen LogP contribution < -0.4 is 10.6 Å². The Balaban J connectivity index is 1.45. The fraction of sp³-hybridized carbons (Fsp3) is 0.619. The molecule has 1 aromatic rings. The number of hydrogen-bond acceptors (Lipinski definition) is 4. The van der Waals surface area contributed by atoms with Crippen LogP contribution >= 0.6 is 0 Å². The molecule has 0 radical (unpaired) electrons. The van der Waals surface area contributed by atoms with Gasteiger partial charge in [0.25, 0.3) is 0 Å². The van der Waals surface area contributed by atoms with Gasteiger partial charge in [-0.2, -0.15) is 0 Å². The minimum atomic E-state index is 0.270. The van der Waals surface area contributed by atoms with Crippen molar-refractivity contribution in [3.05, 3.63) is 35.4 Å². The van der Waals surface area contributed by atoms with Crippen molar-refractivity contribution in [2.75, 3.05) is 52.5 Å². The quantitative estimate of drug-likeness (QED) is 0.518. The molecule has 154 valence electrons. The van der Waals surface area contributed by atoms with E-state index >= 15 is 0 Å². The van der Waals surface area contributed by atoms with E-state index in [0.29, 0.717) is 19.5 Å². The second-order valence-electron chi connectivity index (χ2n) is 7.31. The Kier molecular flexibility index (Phi) is 8.11. The van der Waals surface area contributed by atoms with Crippen LogP contribution in [0, 0.1) is 0 Å². The number of carbonyl (C=O) groups excluding carboxylic acids is 1. The van der Waals surface area contributed by atoms with Gasteiger partial charge in [0.1, 0.15) is 0 Å². The van der Waals surface area contributed by atoms with Crippen molar-refractivity contribution in [1.82, 2.24) is 20.4 Å². The summed E-state index contributed by atoms with van der Waals surface area (Å²) < 4.78 is 5.39. The van der Waals surface area contributed by atoms with Crippen LogP contribution in [-0.2, 0) is 22.6 Å². The summed E-state index contributed by atoms with van der Waals surface area (Å²) in [7, 11) is 0. The highest BCUT2D eigenvalue weighted by atomic mass is 16.5. The van der Waals surface area contributed by atoms with E-state index in [0.717, 1.165) is 64.9 Å². The monoisotopic (exact) mass is 387 g/mol. The first-order valence-corrected chi connectivity index (χ1v) is 10.4. The number of nitrogens with zero attached hydrogens (tertiary/aromatic N) is 3. The molecule has 2 aliphatic rings. The SMILES string of the molecule is CCNC(=NCc1ccc(CN2CCCC2=O)cc1)NCCN1CCOCC1. The summed E-state index contributed by atoms with van der Waals surface area (Å²) in [6, 6.07) is 8.43. The van der Waals surface area contributed by atoms with E-state index in [1.54, 1.807) is 0 Å². The first-order chi connectivity index (χ1) is 13.7. The number of carbonyl (C=O) groups is 1. The van der Waals surface area contributed by atoms with Crippen LogP contribution in [0.1, 0.15) is 30.9 Å². The molecule has 0 unspecified atom stereocenters. The number of nitrogens with one attached hydrogen (secondary N) is 2. The van der Waals surface area contributed by atoms with Gasteiger partial charge in [0.15, 0.2) is 5.96 Å². The Morgan fingerprint density at radius 3 is 2.54 bits per heavy atom. The second-order valence-corrected chi connectivity index (χ2v) is 7.31. The molecular formula is C21H33N5O2. The lowest BCUT2D eigenvalue weighted by atomic mass is 10.1. The highest BCUT2D eigenvalue weighted by Crippen LogP contribution is 2.15. The van der Waals surface area contributed by atoms with Gasteiger partial charge in [-0.3, -0.25) is 9.69 Å². The Bertz CT molecular complexity index is 641. The molecule has 2 fully saturated rings. The zero-order chi connectivity index (χ0) is 19.6. The van der Waals surface area contributed by atoms with Crippen LogP contribution in [0.3, 0.4) is 0 Å². The molecule has 0 bridgehead atoms. The van der Waals surface area contributed by atoms with E-state index in [9.17, 15) is 4.79 Å². The Labute approximate surface area is 168 Å². The smallest absolute Gasteiger partial charge is 0.222 e. The molecule has 0 atom stereocenters. The average molecular weight is 388 g/mol. The average Bonchev–Trinajstić information content (AvgIpc) is 3.12. The number of aliphatic imine (C=N–C) groups is 1. The van der Waals surface area contributed by atoms with Crippen molar-refractivity contribution >= 4 is 11.9 Å². The normalized spacial score (nSPS) is 18.5. The van der Waals surface area contributed by atoms with E-state index < -0.39 is 0 Å². The third kappa shape index (κ3) is 6.49. The van der Waals surface area contributed by atoms with Gasteiger partial charge in [0, 0.05) is 52.2 Å². The van der Waals surface area contributed by atoms with E-state index in [1.165, 1.54) is 11.1 Å². The van der Waals surface area contributed by atoms with Gasteiger partial charge >= 0.3 is 0 Å². The summed E-state index contributed by atoms with van der Waals surface area (Å²) in [6.07, 6.45) is 1.68. The Morgan fingerprint density at radius 2 is 1.86 bits per heavy atom. The first kappa shape index (κ1) is 20.6. The molecule has 2 saturated heterocycles. The molecule has 0 spiro atoms. The number of hydrogen-bond donors (Lipinski definition) is 2. The van der Waals surface area contributed by atoms with Crippen molar-refractivity contribution < 1.29 is 9.53 Å². The number of likely N-dealkylation sites (tertiary alicyclic amines) is 1. The van der Waals surface area contributed by atoms with Crippen molar-refractivity contribution in [2.24, 2.45) is 4.99 Å². The molecular weight excluding hydrogens is 354 g/mol. The van der Waals surface area contributed by atoms with Crippen LogP contribution in [0.2, 0.25) is 0 Å². The van der Waals surface area contributed by atoms with Crippen LogP contribution in [0.15, 0.2) is 29.3 Å². The van der Waals surface area contributed by atoms with Crippen LogP contribution in [0.4, 0.5) is 0 Å². The molecule has 0 aromatic heterocycles. The predicted octanol–water partition coefficient (Wildman–Crippen LogP) is 1.20. The minimum absolute atomic E-state index is 0.270. The molecule has 1 amide bonds. The molecule has 1 aromatic carbocycles. The highest BCUT2D eigenvalue weighted by Gasteiger charge is 2.19. The van der Waals surface area contributed by atoms with Crippen LogP contribution in [-0.4, -0.2) is 74.1 Å². The molecule has 0 aliphatic carbocycles. The summed E-state index contributed by atoms with van der Waals surface area (Å²) in [4.78, 5) is 20.8. The van der Waals surface area contributed by atoms with Crippen LogP contribution in [0.5, 0.6) is 0 Å². The van der Waals surface area contributed by atoms with Gasteiger partial charge in [-0.25, -0.2) is 4.99 Å². The Morgan fingerprint density at radius 1 is 1.11 bits per heavy atom. The minimum Gasteiger partial charge on any atom is -0.379 e. The fourth-order valence-corrected chi connectivity index (χ4v) is 3.51. The number of rotatable bonds is 8. The standard InChI is InChI=1S/C21H33N5O2/c1-2-22-21(23-9-11-25-12-14-28-15-13-25)24-16-18-5-7-19(8-6-18)17-26-10-3-4-20(26)27/h5-8H,2-4,9-17H2,1H3,(H2,22,23,24). The topological polar surface area (TPSA) is 69.2 Å². The van der Waals surface area contributed by atoms with Crippen molar-refractivity contribution in [2.45, 2.75) is 32.9 Å². The largest absolute Gasteiger partial charge is 0.379 e. The number of amides is 1. The lowest BCUT2D eigenvalue weighted by Crippen LogP contribution is -2.44. The van der Waals surface area contributed by atoms with E-state index in [1.807, 2.05) is 4.90 Å². The number of benzene rings is 1. The third-order valence-electron chi connectivity index (χ3n) is 5.16. The summed E-state index contributed by atoms with van der Waals surface area (Å²) >= 11 is 0. The lowest BCUT2D eigenvalue weighted by Gasteiger charge is -2.26. The summed E-state index contributed by atoms with van der Waals surface area (Å²) in [6.45, 7) is 10.7. The summed E-state index contributed by atoms with van der Waals surface area (Å²) in [5.74, 6) is 1.12. The molecule has 2 N–H and O–H groups in total. The molecule has 0 saturated carbocycles. The number of guanidine groups is 1. The van der Waals surface area contributed by atoms with Gasteiger partial charge in [0.05, 0.1) is 19.8 Å². The number of ether oxygens (including phenoxy) is 1. The molecule has 7 nitrogen and oxygen atoms in total. The van der Waals surface area contributed by atoms with Crippen molar-refractivity contribution in [1.29, 1.82) is 0 Å². The maximum Gasteiger partial charge on any atom is 0.222 e. The van der Waals surface area contributed by atoms with Gasteiger partial charge in [-0.15, -0.1) is 0 Å². The van der Waals surface area contributed by atoms with Crippen molar-refractivity contribution in [3.63, 3.8) is 0 Å². The first-order valence-electron chi connectivity index (χ1n) is 10.4. The molecule has 2 heterocycles. The van der Waals surface area contributed by atoms with E-state index in [-0.39, 0.29) is 5.91 Å². The maximum absolute atomic E-state index is 11.8. The summed E-state index contributed by atoms with van der Waals surface area (Å²) in [5.41, 5.74) is 2.35. The maximum atomic E-state index is 11.8. The van der Waals surface area contributed by atoms with Crippen molar-refractivity contribution in [3.8, 4) is 0 Å². The zero-order valence-corrected chi connectivity index (χ0v) is 17.0. The molecule has 28 heavy (non-hydrogen) atoms. The lowest BCUT2D eigenvalue weighted by molar-refractivity contribution is -0.128. The van der Waals surface area contributed by atoms with Gasteiger partial charge < -0.3 is 20.3 Å². The van der Waals surface area contributed by atoms with Gasteiger partial charge in [0.2, 0.25) is 5.91 Å². The second kappa shape index (κ2) is 11.0. The summed E-state index contributed by atoms with van der Waals surface area (Å²) in [5, 5.41) is 6.72. The molecule has 7 heteroatoms. The predicted molar refractivity (Wildman–Crippen MR) is 111 cm³/mol. The van der Waals surface area contributed by atoms with Crippen LogP contribution in [0.25, 0.3) is 0 Å². The zero-order valence-electron chi connectivity index (χ0n) is 17.0. The van der Waals surface area contributed by atoms with E-state index in [2.05, 4.69) is 46.7 Å². The van der Waals surface area contributed by atoms with Gasteiger partial charge in [-0.1, -0.05) is 24.3 Å². The molecule has 2 aliphatic heterocycles. The van der Waals surface area contributed by atoms with E-state index in [4.69, 9.17) is 9.73 Å². The number of morpholine rings is 1. The third-order valence-corrected chi connectivity index (χ3v) is 5.16. The Hall–Kier alpha value is -2.12. The van der Waals surface area contributed by atoms with Gasteiger partial charge in [-0.05, 0) is 24.5 Å². The highest BCUT2D eigenvalue weighted by molar-refractivity contribution is 5.79. The molecule has 3 rings (SSSR count). The fourth-order valence-electron chi connectivity index (χ4n) is 3.51.